The number of methoxy groups -OCH3 is 1. The number of aliphatic hydroxyl groups is 1. The largest absolute Gasteiger partial charge is 0.467 e. The molecule has 0 unspecified atom stereocenters. The Morgan fingerprint density at radius 2 is 1.95 bits per heavy atom. The summed E-state index contributed by atoms with van der Waals surface area (Å²) in [5.74, 6) is -3.18. The lowest BCUT2D eigenvalue weighted by molar-refractivity contribution is -0.261. The summed E-state index contributed by atoms with van der Waals surface area (Å²) >= 11 is 5.82. The lowest BCUT2D eigenvalue weighted by atomic mass is 9.98. The number of alkyl halides is 3. The second kappa shape index (κ2) is 6.53. The Kier molecular flexibility index (Phi) is 5.42. The number of esters is 1. The first-order chi connectivity index (χ1) is 10.0. The molecule has 5 nitrogen and oxygen atoms in total. The Labute approximate surface area is 129 Å². The molecule has 1 atom stereocenters. The number of carbonyl (C=O) groups is 2. The van der Waals surface area contributed by atoms with Crippen molar-refractivity contribution in [2.75, 3.05) is 12.4 Å². The fourth-order valence-corrected chi connectivity index (χ4v) is 1.75. The Bertz CT molecular complexity index is 591. The zero-order chi connectivity index (χ0) is 17.1. The fraction of sp³-hybridized carbons (Fsp3) is 0.385. The van der Waals surface area contributed by atoms with E-state index in [1.165, 1.54) is 12.1 Å². The SMILES string of the molecule is COC(=O)[C@](O)(CC(=O)Nc1ccc(C)c(Cl)c1)C(F)(F)F. The van der Waals surface area contributed by atoms with Gasteiger partial charge in [0.1, 0.15) is 0 Å². The van der Waals surface area contributed by atoms with Crippen LogP contribution >= 0.6 is 11.6 Å². The van der Waals surface area contributed by atoms with E-state index < -0.39 is 30.1 Å². The van der Waals surface area contributed by atoms with Crippen molar-refractivity contribution in [1.29, 1.82) is 0 Å². The van der Waals surface area contributed by atoms with E-state index in [2.05, 4.69) is 10.1 Å². The molecule has 0 radical (unpaired) electrons. The number of halogens is 4. The number of benzene rings is 1. The predicted octanol–water partition coefficient (Wildman–Crippen LogP) is 2.44. The van der Waals surface area contributed by atoms with Gasteiger partial charge in [0.05, 0.1) is 13.5 Å². The molecular formula is C13H13ClF3NO4. The summed E-state index contributed by atoms with van der Waals surface area (Å²) in [7, 11) is 0.677. The van der Waals surface area contributed by atoms with Gasteiger partial charge in [-0.15, -0.1) is 0 Å². The highest BCUT2D eigenvalue weighted by Crippen LogP contribution is 2.34. The van der Waals surface area contributed by atoms with Crippen LogP contribution in [0, 0.1) is 6.92 Å². The van der Waals surface area contributed by atoms with E-state index in [0.29, 0.717) is 17.7 Å². The van der Waals surface area contributed by atoms with Gasteiger partial charge in [0, 0.05) is 10.7 Å². The summed E-state index contributed by atoms with van der Waals surface area (Å²) in [4.78, 5) is 22.8. The molecule has 0 spiro atoms. The molecule has 0 bridgehead atoms. The van der Waals surface area contributed by atoms with Crippen LogP contribution in [-0.4, -0.2) is 35.9 Å². The third kappa shape index (κ3) is 3.89. The summed E-state index contributed by atoms with van der Waals surface area (Å²) in [5.41, 5.74) is -3.07. The number of anilines is 1. The Morgan fingerprint density at radius 3 is 2.41 bits per heavy atom. The molecule has 0 heterocycles. The number of nitrogens with one attached hydrogen (secondary N) is 1. The van der Waals surface area contributed by atoms with Gasteiger partial charge in [-0.1, -0.05) is 17.7 Å². The van der Waals surface area contributed by atoms with Gasteiger partial charge in [-0.2, -0.15) is 13.2 Å². The molecule has 0 aliphatic heterocycles. The number of aryl methyl sites for hydroxylation is 1. The minimum Gasteiger partial charge on any atom is -0.467 e. The van der Waals surface area contributed by atoms with E-state index in [1.54, 1.807) is 13.0 Å². The Hall–Kier alpha value is -1.80. The van der Waals surface area contributed by atoms with Crippen LogP contribution in [0.15, 0.2) is 18.2 Å². The molecule has 0 fully saturated rings. The minimum absolute atomic E-state index is 0.134. The highest BCUT2D eigenvalue weighted by atomic mass is 35.5. The number of rotatable bonds is 4. The summed E-state index contributed by atoms with van der Waals surface area (Å²) in [6.07, 6.45) is -6.89. The van der Waals surface area contributed by atoms with Crippen LogP contribution in [0.1, 0.15) is 12.0 Å². The lowest BCUT2D eigenvalue weighted by Gasteiger charge is -2.26. The first kappa shape index (κ1) is 18.2. The molecule has 0 aromatic heterocycles. The molecule has 9 heteroatoms. The zero-order valence-electron chi connectivity index (χ0n) is 11.6. The molecular weight excluding hydrogens is 327 g/mol. The van der Waals surface area contributed by atoms with Crippen LogP contribution in [0.2, 0.25) is 5.02 Å². The van der Waals surface area contributed by atoms with Crippen LogP contribution in [0.3, 0.4) is 0 Å². The third-order valence-corrected chi connectivity index (χ3v) is 3.27. The third-order valence-electron chi connectivity index (χ3n) is 2.86. The van der Waals surface area contributed by atoms with E-state index in [1.807, 2.05) is 0 Å². The molecule has 22 heavy (non-hydrogen) atoms. The number of hydrogen-bond donors (Lipinski definition) is 2. The zero-order valence-corrected chi connectivity index (χ0v) is 12.4. The van der Waals surface area contributed by atoms with Crippen LogP contribution < -0.4 is 5.32 Å². The summed E-state index contributed by atoms with van der Waals surface area (Å²) < 4.78 is 42.3. The van der Waals surface area contributed by atoms with Crippen LogP contribution in [0.5, 0.6) is 0 Å². The average Bonchev–Trinajstić information content (AvgIpc) is 2.40. The van der Waals surface area contributed by atoms with Gasteiger partial charge in [-0.05, 0) is 24.6 Å². The average molecular weight is 340 g/mol. The smallest absolute Gasteiger partial charge is 0.428 e. The highest BCUT2D eigenvalue weighted by Gasteiger charge is 2.61. The van der Waals surface area contributed by atoms with Crippen LogP contribution in [0.25, 0.3) is 0 Å². The van der Waals surface area contributed by atoms with E-state index in [0.717, 1.165) is 0 Å². The second-order valence-corrected chi connectivity index (χ2v) is 4.95. The van der Waals surface area contributed by atoms with Crippen molar-refractivity contribution < 1.29 is 32.6 Å². The first-order valence-electron chi connectivity index (χ1n) is 5.95. The summed E-state index contributed by atoms with van der Waals surface area (Å²) in [6, 6.07) is 4.30. The molecule has 2 N–H and O–H groups in total. The first-order valence-corrected chi connectivity index (χ1v) is 6.32. The normalized spacial score (nSPS) is 14.1. The Morgan fingerprint density at radius 1 is 1.36 bits per heavy atom. The highest BCUT2D eigenvalue weighted by molar-refractivity contribution is 6.31. The minimum atomic E-state index is -5.36. The molecule has 1 aromatic carbocycles. The maximum absolute atomic E-state index is 12.8. The van der Waals surface area contributed by atoms with Crippen molar-refractivity contribution in [3.63, 3.8) is 0 Å². The topological polar surface area (TPSA) is 75.6 Å². The van der Waals surface area contributed by atoms with E-state index in [9.17, 15) is 27.9 Å². The van der Waals surface area contributed by atoms with E-state index in [4.69, 9.17) is 11.6 Å². The maximum Gasteiger partial charge on any atom is 0.428 e. The van der Waals surface area contributed by atoms with Gasteiger partial charge in [0.2, 0.25) is 5.91 Å². The molecule has 122 valence electrons. The van der Waals surface area contributed by atoms with E-state index >= 15 is 0 Å². The number of hydrogen-bond acceptors (Lipinski definition) is 4. The van der Waals surface area contributed by atoms with Gasteiger partial charge in [-0.3, -0.25) is 4.79 Å². The standard InChI is InChI=1S/C13H13ClF3NO4/c1-7-3-4-8(5-9(7)14)18-10(19)6-12(21,11(20)22-2)13(15,16)17/h3-5,21H,6H2,1-2H3,(H,18,19)/t12-/m1/s1. The second-order valence-electron chi connectivity index (χ2n) is 4.54. The number of amides is 1. The molecule has 0 saturated carbocycles. The van der Waals surface area contributed by atoms with Crippen molar-refractivity contribution in [3.8, 4) is 0 Å². The predicted molar refractivity (Wildman–Crippen MR) is 72.5 cm³/mol. The molecule has 1 rings (SSSR count). The monoisotopic (exact) mass is 339 g/mol. The number of carbonyl (C=O) groups excluding carboxylic acids is 2. The van der Waals surface area contributed by atoms with E-state index in [-0.39, 0.29) is 5.69 Å². The fourth-order valence-electron chi connectivity index (χ4n) is 1.57. The maximum atomic E-state index is 12.8. The van der Waals surface area contributed by atoms with Crippen molar-refractivity contribution in [2.24, 2.45) is 0 Å². The quantitative estimate of drug-likeness (QED) is 0.826. The summed E-state index contributed by atoms with van der Waals surface area (Å²) in [5, 5.41) is 11.9. The van der Waals surface area contributed by atoms with Crippen molar-refractivity contribution >= 4 is 29.2 Å². The van der Waals surface area contributed by atoms with Gasteiger partial charge in [-0.25, -0.2) is 4.79 Å². The lowest BCUT2D eigenvalue weighted by Crippen LogP contribution is -2.54. The molecule has 0 saturated heterocycles. The van der Waals surface area contributed by atoms with Crippen LogP contribution in [0.4, 0.5) is 18.9 Å². The van der Waals surface area contributed by atoms with Gasteiger partial charge in [0.15, 0.2) is 0 Å². The van der Waals surface area contributed by atoms with Gasteiger partial charge in [0.25, 0.3) is 5.60 Å². The van der Waals surface area contributed by atoms with Crippen molar-refractivity contribution in [1.82, 2.24) is 0 Å². The molecule has 0 aliphatic carbocycles. The van der Waals surface area contributed by atoms with Gasteiger partial charge < -0.3 is 15.2 Å². The summed E-state index contributed by atoms with van der Waals surface area (Å²) in [6.45, 7) is 1.70. The molecule has 1 aromatic rings. The van der Waals surface area contributed by atoms with Crippen molar-refractivity contribution in [2.45, 2.75) is 25.1 Å². The molecule has 1 amide bonds. The van der Waals surface area contributed by atoms with Crippen LogP contribution in [-0.2, 0) is 14.3 Å². The van der Waals surface area contributed by atoms with Gasteiger partial charge >= 0.3 is 12.1 Å². The van der Waals surface area contributed by atoms with Crippen molar-refractivity contribution in [3.05, 3.63) is 28.8 Å². The number of ether oxygens (including phenoxy) is 1. The Balaban J connectivity index is 2.93. The molecule has 0 aliphatic rings.